The number of nitrogens with zero attached hydrogens (tertiary/aromatic N) is 3. The van der Waals surface area contributed by atoms with E-state index in [1.165, 1.54) is 31.6 Å². The third-order valence-electron chi connectivity index (χ3n) is 4.73. The topological polar surface area (TPSA) is 107 Å². The summed E-state index contributed by atoms with van der Waals surface area (Å²) < 4.78 is 18.6. The van der Waals surface area contributed by atoms with Crippen molar-refractivity contribution in [3.8, 4) is 17.0 Å². The van der Waals surface area contributed by atoms with Crippen molar-refractivity contribution in [3.63, 3.8) is 0 Å². The zero-order valence-corrected chi connectivity index (χ0v) is 15.6. The van der Waals surface area contributed by atoms with Crippen LogP contribution in [0.1, 0.15) is 22.3 Å². The molecule has 0 spiro atoms. The monoisotopic (exact) mass is 391 g/mol. The zero-order valence-electron chi connectivity index (χ0n) is 15.6. The average Bonchev–Trinajstić information content (AvgIpc) is 3.18. The summed E-state index contributed by atoms with van der Waals surface area (Å²) >= 11 is 0. The minimum atomic E-state index is -0.464. The van der Waals surface area contributed by atoms with Gasteiger partial charge < -0.3 is 10.5 Å². The van der Waals surface area contributed by atoms with Crippen molar-refractivity contribution in [1.82, 2.24) is 20.2 Å². The summed E-state index contributed by atoms with van der Waals surface area (Å²) in [6.45, 7) is 0. The van der Waals surface area contributed by atoms with Crippen LogP contribution >= 0.6 is 0 Å². The van der Waals surface area contributed by atoms with E-state index in [0.29, 0.717) is 29.0 Å². The minimum Gasteiger partial charge on any atom is -0.496 e. The molecule has 0 amide bonds. The first-order chi connectivity index (χ1) is 14.1. The van der Waals surface area contributed by atoms with Gasteiger partial charge >= 0.3 is 0 Å². The van der Waals surface area contributed by atoms with E-state index in [2.05, 4.69) is 20.2 Å². The highest BCUT2D eigenvalue weighted by Crippen LogP contribution is 2.28. The number of nitrogen functional groups attached to an aromatic ring is 1. The second-order valence-electron chi connectivity index (χ2n) is 6.52. The van der Waals surface area contributed by atoms with Crippen molar-refractivity contribution in [3.05, 3.63) is 65.7 Å². The van der Waals surface area contributed by atoms with E-state index < -0.39 is 5.82 Å². The summed E-state index contributed by atoms with van der Waals surface area (Å²) in [7, 11) is 1.46. The molecule has 0 bridgehead atoms. The SMILES string of the molecule is COc1ccc(F)cc1C(=O)CCc1ccc(-c2[nH]nc3ncnc(N)c23)cc1. The van der Waals surface area contributed by atoms with E-state index in [4.69, 9.17) is 10.5 Å². The fourth-order valence-corrected chi connectivity index (χ4v) is 3.22. The van der Waals surface area contributed by atoms with E-state index in [0.717, 1.165) is 16.8 Å². The van der Waals surface area contributed by atoms with Crippen LogP contribution in [-0.4, -0.2) is 33.1 Å². The number of hydrogen-bond acceptors (Lipinski definition) is 6. The Morgan fingerprint density at radius 3 is 2.72 bits per heavy atom. The Morgan fingerprint density at radius 1 is 1.17 bits per heavy atom. The van der Waals surface area contributed by atoms with Crippen LogP contribution < -0.4 is 10.5 Å². The van der Waals surface area contributed by atoms with Crippen LogP contribution in [-0.2, 0) is 6.42 Å². The highest BCUT2D eigenvalue weighted by atomic mass is 19.1. The molecule has 3 N–H and O–H groups in total. The summed E-state index contributed by atoms with van der Waals surface area (Å²) in [6, 6.07) is 11.6. The maximum absolute atomic E-state index is 13.5. The number of anilines is 1. The second-order valence-corrected chi connectivity index (χ2v) is 6.52. The van der Waals surface area contributed by atoms with E-state index in [9.17, 15) is 9.18 Å². The molecule has 0 aliphatic carbocycles. The number of benzene rings is 2. The molecular weight excluding hydrogens is 373 g/mol. The second kappa shape index (κ2) is 7.67. The summed E-state index contributed by atoms with van der Waals surface area (Å²) in [4.78, 5) is 20.6. The molecule has 0 unspecified atom stereocenters. The first kappa shape index (κ1) is 18.5. The number of carbonyl (C=O) groups is 1. The van der Waals surface area contributed by atoms with Gasteiger partial charge in [-0.05, 0) is 30.2 Å². The number of fused-ring (bicyclic) bond motifs is 1. The molecule has 0 atom stereocenters. The molecule has 29 heavy (non-hydrogen) atoms. The van der Waals surface area contributed by atoms with Gasteiger partial charge in [0.15, 0.2) is 11.4 Å². The molecule has 7 nitrogen and oxygen atoms in total. The normalized spacial score (nSPS) is 11.0. The van der Waals surface area contributed by atoms with E-state index in [-0.39, 0.29) is 17.8 Å². The Balaban J connectivity index is 1.50. The largest absolute Gasteiger partial charge is 0.496 e. The molecule has 0 fully saturated rings. The van der Waals surface area contributed by atoms with Crippen LogP contribution in [0.4, 0.5) is 10.2 Å². The number of aromatic nitrogens is 4. The maximum atomic E-state index is 13.5. The fourth-order valence-electron chi connectivity index (χ4n) is 3.22. The number of nitrogens with two attached hydrogens (primary N) is 1. The van der Waals surface area contributed by atoms with Gasteiger partial charge in [-0.15, -0.1) is 0 Å². The van der Waals surface area contributed by atoms with E-state index >= 15 is 0 Å². The molecule has 0 aliphatic heterocycles. The Labute approximate surface area is 165 Å². The molecular formula is C21H18FN5O2. The van der Waals surface area contributed by atoms with Crippen molar-refractivity contribution in [2.24, 2.45) is 0 Å². The first-order valence-corrected chi connectivity index (χ1v) is 8.97. The summed E-state index contributed by atoms with van der Waals surface area (Å²) in [5.41, 5.74) is 9.32. The number of ether oxygens (including phenoxy) is 1. The van der Waals surface area contributed by atoms with Gasteiger partial charge in [0.05, 0.1) is 23.8 Å². The summed E-state index contributed by atoms with van der Waals surface area (Å²) in [5, 5.41) is 7.77. The molecule has 4 rings (SSSR count). The van der Waals surface area contributed by atoms with Crippen LogP contribution in [0.2, 0.25) is 0 Å². The Morgan fingerprint density at radius 2 is 1.97 bits per heavy atom. The lowest BCUT2D eigenvalue weighted by molar-refractivity contribution is 0.0979. The molecule has 0 radical (unpaired) electrons. The lowest BCUT2D eigenvalue weighted by atomic mass is 10.00. The highest BCUT2D eigenvalue weighted by molar-refractivity contribution is 5.99. The van der Waals surface area contributed by atoms with Crippen LogP contribution in [0.5, 0.6) is 5.75 Å². The number of Topliss-reactive ketones (excluding diaryl/α,β-unsaturated/α-hetero) is 1. The van der Waals surface area contributed by atoms with Gasteiger partial charge in [-0.25, -0.2) is 14.4 Å². The molecule has 0 saturated heterocycles. The number of nitrogens with one attached hydrogen (secondary N) is 1. The summed E-state index contributed by atoms with van der Waals surface area (Å²) in [5.74, 6) is 0.0959. The van der Waals surface area contributed by atoms with Crippen molar-refractivity contribution < 1.29 is 13.9 Å². The van der Waals surface area contributed by atoms with Crippen molar-refractivity contribution in [2.45, 2.75) is 12.8 Å². The molecule has 4 aromatic rings. The van der Waals surface area contributed by atoms with Gasteiger partial charge in [0.2, 0.25) is 0 Å². The Hall–Kier alpha value is -3.81. The lowest BCUT2D eigenvalue weighted by Gasteiger charge is -2.08. The molecule has 8 heteroatoms. The molecule has 0 saturated carbocycles. The number of aryl methyl sites for hydroxylation is 1. The maximum Gasteiger partial charge on any atom is 0.186 e. The molecule has 2 aromatic heterocycles. The third kappa shape index (κ3) is 3.64. The minimum absolute atomic E-state index is 0.171. The number of halogens is 1. The zero-order chi connectivity index (χ0) is 20.4. The van der Waals surface area contributed by atoms with Crippen LogP contribution in [0.25, 0.3) is 22.3 Å². The number of rotatable bonds is 6. The average molecular weight is 391 g/mol. The number of methoxy groups -OCH3 is 1. The number of ketones is 1. The smallest absolute Gasteiger partial charge is 0.186 e. The lowest BCUT2D eigenvalue weighted by Crippen LogP contribution is -2.04. The van der Waals surface area contributed by atoms with Crippen molar-refractivity contribution in [2.75, 3.05) is 12.8 Å². The number of H-pyrrole nitrogens is 1. The van der Waals surface area contributed by atoms with Crippen molar-refractivity contribution in [1.29, 1.82) is 0 Å². The Bertz CT molecular complexity index is 1190. The van der Waals surface area contributed by atoms with Gasteiger partial charge in [-0.3, -0.25) is 9.89 Å². The molecule has 2 aromatic carbocycles. The number of hydrogen-bond donors (Lipinski definition) is 2. The van der Waals surface area contributed by atoms with Crippen molar-refractivity contribution >= 4 is 22.6 Å². The quantitative estimate of drug-likeness (QED) is 0.487. The van der Waals surface area contributed by atoms with E-state index in [1.807, 2.05) is 24.3 Å². The third-order valence-corrected chi connectivity index (χ3v) is 4.73. The molecule has 2 heterocycles. The Kier molecular flexibility index (Phi) is 4.90. The predicted octanol–water partition coefficient (Wildman–Crippen LogP) is 3.57. The van der Waals surface area contributed by atoms with Gasteiger partial charge in [0.1, 0.15) is 23.7 Å². The highest BCUT2D eigenvalue weighted by Gasteiger charge is 2.15. The van der Waals surface area contributed by atoms with Gasteiger partial charge in [0.25, 0.3) is 0 Å². The standard InChI is InChI=1S/C21H18FN5O2/c1-29-17-9-7-14(22)10-15(17)16(28)8-4-12-2-5-13(6-3-12)19-18-20(23)24-11-25-21(18)27-26-19/h2-3,5-7,9-11H,4,8H2,1H3,(H3,23,24,25,26,27). The van der Waals surface area contributed by atoms with Gasteiger partial charge in [-0.2, -0.15) is 5.10 Å². The number of aromatic amines is 1. The first-order valence-electron chi connectivity index (χ1n) is 8.97. The number of carbonyl (C=O) groups excluding carboxylic acids is 1. The van der Waals surface area contributed by atoms with Crippen LogP contribution in [0.15, 0.2) is 48.8 Å². The van der Waals surface area contributed by atoms with Gasteiger partial charge in [-0.1, -0.05) is 24.3 Å². The van der Waals surface area contributed by atoms with E-state index in [1.54, 1.807) is 0 Å². The fraction of sp³-hybridized carbons (Fsp3) is 0.143. The van der Waals surface area contributed by atoms with Crippen LogP contribution in [0, 0.1) is 5.82 Å². The predicted molar refractivity (Wildman–Crippen MR) is 107 cm³/mol. The molecule has 0 aliphatic rings. The van der Waals surface area contributed by atoms with Gasteiger partial charge in [0, 0.05) is 12.0 Å². The summed E-state index contributed by atoms with van der Waals surface area (Å²) in [6.07, 6.45) is 2.14. The van der Waals surface area contributed by atoms with Crippen LogP contribution in [0.3, 0.4) is 0 Å². The molecule has 146 valence electrons.